The van der Waals surface area contributed by atoms with Crippen molar-refractivity contribution < 1.29 is 28.3 Å². The largest absolute Gasteiger partial charge is 0.492 e. The van der Waals surface area contributed by atoms with E-state index >= 15 is 0 Å². The molecule has 0 aliphatic heterocycles. The summed E-state index contributed by atoms with van der Waals surface area (Å²) in [6.07, 6.45) is 6.43. The van der Waals surface area contributed by atoms with Crippen LogP contribution >= 0.6 is 0 Å². The summed E-state index contributed by atoms with van der Waals surface area (Å²) in [5.74, 6) is -0.480. The topological polar surface area (TPSA) is 73.9 Å². The number of hydrogen-bond acceptors (Lipinski definition) is 5. The van der Waals surface area contributed by atoms with Gasteiger partial charge in [0.05, 0.1) is 14.2 Å². The number of ether oxygens (including phenoxy) is 2. The number of halogens is 1. The number of methoxy groups -OCH3 is 2. The van der Waals surface area contributed by atoms with E-state index in [-0.39, 0.29) is 17.3 Å². The molecule has 2 aromatic carbocycles. The highest BCUT2D eigenvalue weighted by Crippen LogP contribution is 2.43. The first-order chi connectivity index (χ1) is 16.4. The lowest BCUT2D eigenvalue weighted by atomic mass is 9.99. The van der Waals surface area contributed by atoms with Crippen molar-refractivity contribution in [3.63, 3.8) is 0 Å². The van der Waals surface area contributed by atoms with Crippen molar-refractivity contribution in [3.05, 3.63) is 112 Å². The normalized spacial score (nSPS) is 16.1. The fourth-order valence-corrected chi connectivity index (χ4v) is 3.80. The molecule has 0 fully saturated rings. The summed E-state index contributed by atoms with van der Waals surface area (Å²) >= 11 is 0. The van der Waals surface area contributed by atoms with Crippen molar-refractivity contribution in [3.8, 4) is 5.75 Å². The molecule has 1 N–H and O–H groups in total. The summed E-state index contributed by atoms with van der Waals surface area (Å²) in [5, 5.41) is 0. The minimum atomic E-state index is -0.492. The molecule has 0 unspecified atom stereocenters. The number of carbonyl (C=O) groups excluding carboxylic acids is 2. The first kappa shape index (κ1) is 22.8. The molecule has 0 spiro atoms. The van der Waals surface area contributed by atoms with Gasteiger partial charge in [-0.25, -0.2) is 4.39 Å². The second kappa shape index (κ2) is 9.62. The van der Waals surface area contributed by atoms with E-state index < -0.39 is 11.7 Å². The van der Waals surface area contributed by atoms with Gasteiger partial charge < -0.3 is 14.3 Å². The molecular weight excluding hydrogens is 437 g/mol. The van der Waals surface area contributed by atoms with E-state index in [1.165, 1.54) is 32.4 Å². The number of hydroxylamine groups is 1. The van der Waals surface area contributed by atoms with Gasteiger partial charge in [-0.05, 0) is 82.8 Å². The molecule has 0 saturated carbocycles. The molecule has 2 aromatic rings. The Morgan fingerprint density at radius 3 is 2.29 bits per heavy atom. The molecule has 172 valence electrons. The molecular formula is C27H22FNO5. The van der Waals surface area contributed by atoms with Gasteiger partial charge in [0.2, 0.25) is 0 Å². The van der Waals surface area contributed by atoms with Gasteiger partial charge in [0.25, 0.3) is 11.7 Å². The molecule has 1 amide bonds. The standard InChI is InChI=1S/C27H22FNO5/c1-16-21(11-17-12-24(32-2)27(31)25(13-17)33-3)20-10-9-18(28)14-23(20)22(16)15-26(30)29-34-19-7-5-4-6-8-19/h4-15H,1-3H3,(H,29,30)/b22-15+. The van der Waals surface area contributed by atoms with Crippen molar-refractivity contribution in [2.24, 2.45) is 0 Å². The molecule has 34 heavy (non-hydrogen) atoms. The van der Waals surface area contributed by atoms with Crippen molar-refractivity contribution in [1.82, 2.24) is 5.48 Å². The molecule has 0 saturated heterocycles. The van der Waals surface area contributed by atoms with Crippen LogP contribution in [-0.2, 0) is 19.1 Å². The number of rotatable bonds is 6. The Bertz CT molecular complexity index is 1290. The quantitative estimate of drug-likeness (QED) is 0.502. The van der Waals surface area contributed by atoms with Crippen LogP contribution in [0.15, 0.2) is 95.5 Å². The number of fused-ring (bicyclic) bond motifs is 1. The highest BCUT2D eigenvalue weighted by molar-refractivity contribution is 6.10. The Balaban J connectivity index is 1.72. The maximum absolute atomic E-state index is 14.1. The number of ketones is 1. The fourth-order valence-electron chi connectivity index (χ4n) is 3.80. The Kier molecular flexibility index (Phi) is 6.45. The predicted molar refractivity (Wildman–Crippen MR) is 125 cm³/mol. The number of benzene rings is 2. The van der Waals surface area contributed by atoms with Crippen LogP contribution in [0.1, 0.15) is 18.1 Å². The van der Waals surface area contributed by atoms with Crippen LogP contribution in [0.4, 0.5) is 4.39 Å². The first-order valence-electron chi connectivity index (χ1n) is 10.4. The van der Waals surface area contributed by atoms with Gasteiger partial charge in [0, 0.05) is 6.08 Å². The van der Waals surface area contributed by atoms with E-state index in [0.29, 0.717) is 22.5 Å². The lowest BCUT2D eigenvalue weighted by Crippen LogP contribution is -2.25. The number of para-hydroxylation sites is 1. The summed E-state index contributed by atoms with van der Waals surface area (Å²) in [6, 6.07) is 13.2. The molecule has 6 nitrogen and oxygen atoms in total. The zero-order chi connectivity index (χ0) is 24.2. The monoisotopic (exact) mass is 459 g/mol. The van der Waals surface area contributed by atoms with E-state index in [2.05, 4.69) is 5.48 Å². The Labute approximate surface area is 196 Å². The number of hydrogen-bond donors (Lipinski definition) is 1. The molecule has 0 atom stereocenters. The van der Waals surface area contributed by atoms with Crippen LogP contribution in [0.5, 0.6) is 5.75 Å². The minimum Gasteiger partial charge on any atom is -0.492 e. The number of carbonyl (C=O) groups is 2. The van der Waals surface area contributed by atoms with Gasteiger partial charge in [-0.2, -0.15) is 5.48 Å². The zero-order valence-electron chi connectivity index (χ0n) is 18.8. The Morgan fingerprint density at radius 2 is 1.65 bits per heavy atom. The van der Waals surface area contributed by atoms with Gasteiger partial charge in [0.1, 0.15) is 5.82 Å². The Morgan fingerprint density at radius 1 is 0.971 bits per heavy atom. The fraction of sp³-hybridized carbons (Fsp3) is 0.111. The zero-order valence-corrected chi connectivity index (χ0v) is 18.8. The van der Waals surface area contributed by atoms with Gasteiger partial charge in [-0.1, -0.05) is 24.3 Å². The lowest BCUT2D eigenvalue weighted by molar-refractivity contribution is -0.122. The molecule has 2 aliphatic carbocycles. The van der Waals surface area contributed by atoms with E-state index in [4.69, 9.17) is 14.3 Å². The first-order valence-corrected chi connectivity index (χ1v) is 10.4. The molecule has 2 aliphatic rings. The third-order valence-electron chi connectivity index (χ3n) is 5.45. The van der Waals surface area contributed by atoms with Crippen molar-refractivity contribution in [2.75, 3.05) is 14.2 Å². The molecule has 0 aromatic heterocycles. The van der Waals surface area contributed by atoms with Gasteiger partial charge >= 0.3 is 0 Å². The van der Waals surface area contributed by atoms with Crippen LogP contribution in [0, 0.1) is 5.82 Å². The summed E-state index contributed by atoms with van der Waals surface area (Å²) in [4.78, 5) is 30.2. The SMILES string of the molecule is COC1=CC(=CC2=C(C)/C(=C\C(=O)NOc3ccccc3)c3cc(F)ccc32)C=C(OC)C1=O. The molecule has 7 heteroatoms. The third-order valence-corrected chi connectivity index (χ3v) is 5.45. The van der Waals surface area contributed by atoms with Gasteiger partial charge in [-0.3, -0.25) is 9.59 Å². The second-order valence-electron chi connectivity index (χ2n) is 7.57. The summed E-state index contributed by atoms with van der Waals surface area (Å²) in [5.41, 5.74) is 6.49. The summed E-state index contributed by atoms with van der Waals surface area (Å²) < 4.78 is 24.5. The van der Waals surface area contributed by atoms with Crippen LogP contribution in [0.25, 0.3) is 11.1 Å². The number of allylic oxidation sites excluding steroid dienone is 7. The maximum atomic E-state index is 14.1. The van der Waals surface area contributed by atoms with E-state index in [9.17, 15) is 14.0 Å². The van der Waals surface area contributed by atoms with Crippen molar-refractivity contribution in [1.29, 1.82) is 0 Å². The van der Waals surface area contributed by atoms with E-state index in [1.807, 2.05) is 19.1 Å². The smallest absolute Gasteiger partial charge is 0.277 e. The van der Waals surface area contributed by atoms with Crippen molar-refractivity contribution >= 4 is 22.8 Å². The van der Waals surface area contributed by atoms with Crippen LogP contribution in [0.2, 0.25) is 0 Å². The average molecular weight is 459 g/mol. The van der Waals surface area contributed by atoms with Crippen LogP contribution in [-0.4, -0.2) is 25.9 Å². The van der Waals surface area contributed by atoms with Gasteiger partial charge in [-0.15, -0.1) is 0 Å². The minimum absolute atomic E-state index is 0.148. The second-order valence-corrected chi connectivity index (χ2v) is 7.57. The van der Waals surface area contributed by atoms with E-state index in [1.54, 1.807) is 42.5 Å². The summed E-state index contributed by atoms with van der Waals surface area (Å²) in [7, 11) is 2.82. The van der Waals surface area contributed by atoms with Crippen LogP contribution in [0.3, 0.4) is 0 Å². The lowest BCUT2D eigenvalue weighted by Gasteiger charge is -2.14. The Hall–Kier alpha value is -4.39. The predicted octanol–water partition coefficient (Wildman–Crippen LogP) is 4.68. The number of amides is 1. The summed E-state index contributed by atoms with van der Waals surface area (Å²) in [6.45, 7) is 1.84. The molecule has 0 radical (unpaired) electrons. The molecule has 0 bridgehead atoms. The number of Topliss-reactive ketones (excluding diaryl/α,β-unsaturated/α-hetero) is 1. The highest BCUT2D eigenvalue weighted by Gasteiger charge is 2.26. The maximum Gasteiger partial charge on any atom is 0.277 e. The number of nitrogens with one attached hydrogen (secondary N) is 1. The van der Waals surface area contributed by atoms with Crippen LogP contribution < -0.4 is 10.3 Å². The molecule has 4 rings (SSSR count). The third kappa shape index (κ3) is 4.54. The van der Waals surface area contributed by atoms with Crippen molar-refractivity contribution in [2.45, 2.75) is 6.92 Å². The average Bonchev–Trinajstić information content (AvgIpc) is 3.09. The van der Waals surface area contributed by atoms with Gasteiger partial charge in [0.15, 0.2) is 17.3 Å². The van der Waals surface area contributed by atoms with E-state index in [0.717, 1.165) is 16.7 Å². The highest BCUT2D eigenvalue weighted by atomic mass is 19.1. The molecule has 0 heterocycles.